The maximum absolute atomic E-state index is 5.92. The van der Waals surface area contributed by atoms with Crippen LogP contribution in [0.3, 0.4) is 0 Å². The Morgan fingerprint density at radius 3 is 3.09 bits per heavy atom. The molecule has 0 aromatic rings. The second kappa shape index (κ2) is 3.88. The quantitative estimate of drug-likeness (QED) is 0.601. The third-order valence-corrected chi connectivity index (χ3v) is 2.54. The van der Waals surface area contributed by atoms with Crippen LogP contribution in [0, 0.1) is 0 Å². The Balaban J connectivity index is 2.43. The van der Waals surface area contributed by atoms with Crippen LogP contribution >= 0.6 is 0 Å². The van der Waals surface area contributed by atoms with Crippen molar-refractivity contribution in [3.05, 3.63) is 12.7 Å². The molecule has 2 N–H and O–H groups in total. The SMILES string of the molecule is C=CCN1CCCC(N)C1C. The molecule has 0 spiro atoms. The topological polar surface area (TPSA) is 29.3 Å². The van der Waals surface area contributed by atoms with Gasteiger partial charge in [-0.05, 0) is 26.3 Å². The molecule has 0 aromatic carbocycles. The van der Waals surface area contributed by atoms with Gasteiger partial charge in [-0.15, -0.1) is 6.58 Å². The number of rotatable bonds is 2. The molecule has 1 aliphatic heterocycles. The number of hydrogen-bond acceptors (Lipinski definition) is 2. The number of piperidine rings is 1. The van der Waals surface area contributed by atoms with Gasteiger partial charge >= 0.3 is 0 Å². The van der Waals surface area contributed by atoms with E-state index in [0.717, 1.165) is 6.54 Å². The van der Waals surface area contributed by atoms with Crippen molar-refractivity contribution >= 4 is 0 Å². The standard InChI is InChI=1S/C9H18N2/c1-3-6-11-7-4-5-9(10)8(11)2/h3,8-9H,1,4-7,10H2,2H3. The number of likely N-dealkylation sites (tertiary alicyclic amines) is 1. The zero-order chi connectivity index (χ0) is 8.27. The Morgan fingerprint density at radius 2 is 2.45 bits per heavy atom. The van der Waals surface area contributed by atoms with E-state index in [1.165, 1.54) is 19.4 Å². The molecule has 2 unspecified atom stereocenters. The molecule has 1 aliphatic rings. The van der Waals surface area contributed by atoms with Crippen molar-refractivity contribution in [3.8, 4) is 0 Å². The van der Waals surface area contributed by atoms with Crippen LogP contribution in [0.15, 0.2) is 12.7 Å². The molecule has 1 fully saturated rings. The lowest BCUT2D eigenvalue weighted by Crippen LogP contribution is -2.50. The van der Waals surface area contributed by atoms with Gasteiger partial charge in [0.25, 0.3) is 0 Å². The Kier molecular flexibility index (Phi) is 3.09. The van der Waals surface area contributed by atoms with Crippen LogP contribution in [0.1, 0.15) is 19.8 Å². The summed E-state index contributed by atoms with van der Waals surface area (Å²) >= 11 is 0. The largest absolute Gasteiger partial charge is 0.326 e. The summed E-state index contributed by atoms with van der Waals surface area (Å²) in [5, 5.41) is 0. The molecular weight excluding hydrogens is 136 g/mol. The van der Waals surface area contributed by atoms with Gasteiger partial charge in [0.2, 0.25) is 0 Å². The van der Waals surface area contributed by atoms with Gasteiger partial charge in [-0.2, -0.15) is 0 Å². The van der Waals surface area contributed by atoms with E-state index in [2.05, 4.69) is 18.4 Å². The van der Waals surface area contributed by atoms with Crippen LogP contribution in [-0.4, -0.2) is 30.1 Å². The van der Waals surface area contributed by atoms with Crippen LogP contribution in [0.2, 0.25) is 0 Å². The second-order valence-corrected chi connectivity index (χ2v) is 3.33. The van der Waals surface area contributed by atoms with Gasteiger partial charge in [0, 0.05) is 18.6 Å². The fourth-order valence-corrected chi connectivity index (χ4v) is 1.67. The van der Waals surface area contributed by atoms with E-state index < -0.39 is 0 Å². The van der Waals surface area contributed by atoms with Crippen molar-refractivity contribution < 1.29 is 0 Å². The first kappa shape index (κ1) is 8.75. The molecule has 0 bridgehead atoms. The Labute approximate surface area is 69.1 Å². The highest BCUT2D eigenvalue weighted by Gasteiger charge is 2.23. The van der Waals surface area contributed by atoms with Gasteiger partial charge in [0.15, 0.2) is 0 Å². The number of nitrogens with zero attached hydrogens (tertiary/aromatic N) is 1. The third-order valence-electron chi connectivity index (χ3n) is 2.54. The average Bonchev–Trinajstić information content (AvgIpc) is 1.99. The summed E-state index contributed by atoms with van der Waals surface area (Å²) in [5.74, 6) is 0. The smallest absolute Gasteiger partial charge is 0.0222 e. The van der Waals surface area contributed by atoms with E-state index in [1.54, 1.807) is 0 Å². The zero-order valence-electron chi connectivity index (χ0n) is 7.29. The van der Waals surface area contributed by atoms with Crippen LogP contribution in [-0.2, 0) is 0 Å². The van der Waals surface area contributed by atoms with Gasteiger partial charge in [0.05, 0.1) is 0 Å². The minimum absolute atomic E-state index is 0.365. The van der Waals surface area contributed by atoms with Crippen molar-refractivity contribution in [2.45, 2.75) is 31.8 Å². The Bertz CT molecular complexity index is 134. The van der Waals surface area contributed by atoms with Crippen molar-refractivity contribution in [2.24, 2.45) is 5.73 Å². The summed E-state index contributed by atoms with van der Waals surface area (Å²) in [6.07, 6.45) is 4.36. The van der Waals surface area contributed by atoms with Gasteiger partial charge < -0.3 is 5.73 Å². The first-order valence-electron chi connectivity index (χ1n) is 4.36. The van der Waals surface area contributed by atoms with Crippen LogP contribution in [0.25, 0.3) is 0 Å². The highest BCUT2D eigenvalue weighted by Crippen LogP contribution is 2.14. The second-order valence-electron chi connectivity index (χ2n) is 3.33. The lowest BCUT2D eigenvalue weighted by atomic mass is 9.98. The molecule has 1 heterocycles. The summed E-state index contributed by atoms with van der Waals surface area (Å²) in [6.45, 7) is 8.10. The molecule has 0 saturated carbocycles. The van der Waals surface area contributed by atoms with Crippen LogP contribution < -0.4 is 5.73 Å². The maximum Gasteiger partial charge on any atom is 0.0222 e. The van der Waals surface area contributed by atoms with Gasteiger partial charge in [-0.25, -0.2) is 0 Å². The van der Waals surface area contributed by atoms with Gasteiger partial charge in [-0.1, -0.05) is 6.08 Å². The van der Waals surface area contributed by atoms with E-state index in [0.29, 0.717) is 12.1 Å². The molecular formula is C9H18N2. The van der Waals surface area contributed by atoms with Crippen molar-refractivity contribution in [2.75, 3.05) is 13.1 Å². The molecule has 2 heteroatoms. The third kappa shape index (κ3) is 2.04. The fraction of sp³-hybridized carbons (Fsp3) is 0.778. The van der Waals surface area contributed by atoms with E-state index in [4.69, 9.17) is 5.73 Å². The van der Waals surface area contributed by atoms with Gasteiger partial charge in [0.1, 0.15) is 0 Å². The summed E-state index contributed by atoms with van der Waals surface area (Å²) in [5.41, 5.74) is 5.92. The molecule has 2 nitrogen and oxygen atoms in total. The number of hydrogen-bond donors (Lipinski definition) is 1. The molecule has 11 heavy (non-hydrogen) atoms. The van der Waals surface area contributed by atoms with Crippen molar-refractivity contribution in [3.63, 3.8) is 0 Å². The first-order valence-corrected chi connectivity index (χ1v) is 4.36. The molecule has 0 aromatic heterocycles. The molecule has 1 saturated heterocycles. The van der Waals surface area contributed by atoms with Crippen LogP contribution in [0.5, 0.6) is 0 Å². The average molecular weight is 154 g/mol. The predicted molar refractivity (Wildman–Crippen MR) is 48.4 cm³/mol. The minimum Gasteiger partial charge on any atom is -0.326 e. The minimum atomic E-state index is 0.365. The molecule has 2 atom stereocenters. The van der Waals surface area contributed by atoms with Crippen LogP contribution in [0.4, 0.5) is 0 Å². The zero-order valence-corrected chi connectivity index (χ0v) is 7.29. The molecule has 0 aliphatic carbocycles. The summed E-state index contributed by atoms with van der Waals surface area (Å²) in [4.78, 5) is 2.39. The summed E-state index contributed by atoms with van der Waals surface area (Å²) in [7, 11) is 0. The van der Waals surface area contributed by atoms with E-state index >= 15 is 0 Å². The van der Waals surface area contributed by atoms with E-state index in [9.17, 15) is 0 Å². The number of nitrogens with two attached hydrogens (primary N) is 1. The predicted octanol–water partition coefficient (Wildman–Crippen LogP) is 0.984. The van der Waals surface area contributed by atoms with Crippen molar-refractivity contribution in [1.82, 2.24) is 4.90 Å². The normalized spacial score (nSPS) is 33.6. The fourth-order valence-electron chi connectivity index (χ4n) is 1.67. The van der Waals surface area contributed by atoms with Gasteiger partial charge in [-0.3, -0.25) is 4.90 Å². The Hall–Kier alpha value is -0.340. The summed E-state index contributed by atoms with van der Waals surface area (Å²) < 4.78 is 0. The van der Waals surface area contributed by atoms with E-state index in [-0.39, 0.29) is 0 Å². The van der Waals surface area contributed by atoms with E-state index in [1.807, 2.05) is 6.08 Å². The maximum atomic E-state index is 5.92. The molecule has 0 amide bonds. The summed E-state index contributed by atoms with van der Waals surface area (Å²) in [6, 6.07) is 0.894. The lowest BCUT2D eigenvalue weighted by Gasteiger charge is -2.36. The molecule has 0 radical (unpaired) electrons. The molecule has 64 valence electrons. The molecule has 1 rings (SSSR count). The highest BCUT2D eigenvalue weighted by atomic mass is 15.2. The Morgan fingerprint density at radius 1 is 1.73 bits per heavy atom. The highest BCUT2D eigenvalue weighted by molar-refractivity contribution is 4.86. The van der Waals surface area contributed by atoms with Crippen molar-refractivity contribution in [1.29, 1.82) is 0 Å². The monoisotopic (exact) mass is 154 g/mol. The lowest BCUT2D eigenvalue weighted by molar-refractivity contribution is 0.157. The first-order chi connectivity index (χ1) is 5.25.